The second-order valence-electron chi connectivity index (χ2n) is 6.52. The van der Waals surface area contributed by atoms with Crippen LogP contribution in [0.15, 0.2) is 24.4 Å². The van der Waals surface area contributed by atoms with Crippen molar-refractivity contribution in [3.8, 4) is 5.75 Å². The number of aromatic amines is 1. The normalized spacial score (nSPS) is 11.1. The number of nitrogens with two attached hydrogens (primary N) is 1. The van der Waals surface area contributed by atoms with Gasteiger partial charge in [-0.2, -0.15) is 0 Å². The first-order valence-electron chi connectivity index (χ1n) is 9.12. The standard InChI is InChI=1S/C18H29N5O2.3ClH/c19-6-1-2-7-21-8-3-9-22-18(25)16(20)10-13-12-23-17-5-4-14(24)11-15(13)17;;;/h4-5,11-12,16,21,23-24H,1-3,6-10,19-20H2,(H,22,25);3*1H. The molecule has 10 heteroatoms. The number of phenolic OH excluding ortho intramolecular Hbond substituents is 1. The number of aromatic nitrogens is 1. The highest BCUT2D eigenvalue weighted by Gasteiger charge is 2.19. The number of fused-ring (bicyclic) bond motifs is 1. The van der Waals surface area contributed by atoms with Crippen LogP contribution in [0.2, 0.25) is 0 Å². The van der Waals surface area contributed by atoms with Gasteiger partial charge in [-0.15, -0.1) is 0 Å². The minimum atomic E-state index is -0.345. The van der Waals surface area contributed by atoms with Gasteiger partial charge in [-0.1, -0.05) is 0 Å². The first-order valence-corrected chi connectivity index (χ1v) is 9.12. The summed E-state index contributed by atoms with van der Waals surface area (Å²) in [6, 6.07) is 4.85. The molecular formula is C18H32Cl3N5O2. The molecule has 2 aromatic rings. The van der Waals surface area contributed by atoms with Crippen molar-refractivity contribution in [1.82, 2.24) is 10.3 Å². The average molecular weight is 457 g/mol. The Balaban J connectivity index is 0. The van der Waals surface area contributed by atoms with Crippen molar-refractivity contribution in [3.63, 3.8) is 0 Å². The molecule has 0 radical (unpaired) electrons. The maximum atomic E-state index is 12.2. The van der Waals surface area contributed by atoms with E-state index in [2.05, 4.69) is 27.1 Å². The van der Waals surface area contributed by atoms with Crippen LogP contribution in [-0.4, -0.2) is 48.2 Å². The molecule has 0 fully saturated rings. The fraction of sp³-hybridized carbons (Fsp3) is 0.500. The lowest BCUT2D eigenvalue weighted by Gasteiger charge is -2.09. The van der Waals surface area contributed by atoms with Crippen LogP contribution in [0.1, 0.15) is 24.8 Å². The fourth-order valence-electron chi connectivity index (χ4n) is 2.91. The summed E-state index contributed by atoms with van der Waals surface area (Å²) in [6.07, 6.45) is 5.78. The Hall–Kier alpha value is -1.22. The van der Waals surface area contributed by atoms with Gasteiger partial charge in [-0.25, -0.2) is 0 Å². The van der Waals surface area contributed by atoms with Crippen LogP contribution in [0.4, 0.5) is 0 Å². The van der Waals surface area contributed by atoms with Gasteiger partial charge in [-0.05, 0) is 23.8 Å². The third-order valence-corrected chi connectivity index (χ3v) is 4.38. The summed E-state index contributed by atoms with van der Waals surface area (Å²) in [7, 11) is 0. The number of nitrogens with one attached hydrogen (secondary N) is 2. The largest absolute Gasteiger partial charge is 1.00 e. The lowest BCUT2D eigenvalue weighted by atomic mass is 10.0. The molecule has 0 aliphatic carbocycles. The molecule has 2 rings (SSSR count). The molecule has 0 aliphatic heterocycles. The number of rotatable bonds is 11. The lowest BCUT2D eigenvalue weighted by Crippen LogP contribution is -3.00. The van der Waals surface area contributed by atoms with Crippen LogP contribution in [0.3, 0.4) is 0 Å². The van der Waals surface area contributed by atoms with Crippen molar-refractivity contribution in [3.05, 3.63) is 30.0 Å². The Labute approximate surface area is 184 Å². The summed E-state index contributed by atoms with van der Waals surface area (Å²) in [6.45, 7) is 3.85. The summed E-state index contributed by atoms with van der Waals surface area (Å²) in [5.41, 5.74) is 9.78. The Morgan fingerprint density at radius 2 is 1.89 bits per heavy atom. The molecule has 0 spiro atoms. The second kappa shape index (κ2) is 15.7. The zero-order chi connectivity index (χ0) is 18.1. The van der Waals surface area contributed by atoms with E-state index in [1.807, 2.05) is 12.3 Å². The molecule has 1 unspecified atom stereocenters. The van der Waals surface area contributed by atoms with E-state index in [9.17, 15) is 9.90 Å². The molecule has 1 amide bonds. The highest BCUT2D eigenvalue weighted by molar-refractivity contribution is 5.86. The van der Waals surface area contributed by atoms with Gasteiger partial charge in [0, 0.05) is 49.3 Å². The third kappa shape index (κ3) is 9.32. The summed E-state index contributed by atoms with van der Waals surface area (Å²) >= 11 is 0. The zero-order valence-electron chi connectivity index (χ0n) is 16.0. The van der Waals surface area contributed by atoms with Crippen LogP contribution in [0.5, 0.6) is 5.75 Å². The predicted octanol–water partition coefficient (Wildman–Crippen LogP) is -10.9. The Kier molecular flexibility index (Phi) is 16.2. The number of unbranched alkanes of at least 4 members (excludes halogenated alkanes) is 1. The first kappa shape index (κ1) is 29.0. The number of quaternary nitrogens is 3. The van der Waals surface area contributed by atoms with Crippen molar-refractivity contribution < 1.29 is 63.9 Å². The number of carbonyl (C=O) groups is 1. The van der Waals surface area contributed by atoms with E-state index >= 15 is 0 Å². The van der Waals surface area contributed by atoms with Gasteiger partial charge < -0.3 is 69.4 Å². The van der Waals surface area contributed by atoms with E-state index in [0.717, 1.165) is 42.5 Å². The molecule has 28 heavy (non-hydrogen) atoms. The molecule has 1 heterocycles. The van der Waals surface area contributed by atoms with Gasteiger partial charge in [0.25, 0.3) is 5.91 Å². The van der Waals surface area contributed by atoms with E-state index in [-0.39, 0.29) is 54.9 Å². The summed E-state index contributed by atoms with van der Waals surface area (Å²) in [4.78, 5) is 15.4. The van der Waals surface area contributed by atoms with Crippen LogP contribution in [0.25, 0.3) is 10.9 Å². The summed E-state index contributed by atoms with van der Waals surface area (Å²) in [5, 5.41) is 15.8. The minimum absolute atomic E-state index is 0. The Morgan fingerprint density at radius 3 is 2.61 bits per heavy atom. The van der Waals surface area contributed by atoms with Gasteiger partial charge in [0.05, 0.1) is 19.6 Å². The molecule has 11 N–H and O–H groups in total. The SMILES string of the molecule is [Cl-].[Cl-].[Cl-].[NH3+]CCCC[NH2+]CCCNC(=O)C([NH3+])Cc1c[nH]c2ccc(O)cc12. The van der Waals surface area contributed by atoms with E-state index in [1.54, 1.807) is 12.1 Å². The van der Waals surface area contributed by atoms with Gasteiger partial charge in [0.15, 0.2) is 6.04 Å². The zero-order valence-corrected chi connectivity index (χ0v) is 18.3. The van der Waals surface area contributed by atoms with Crippen LogP contribution < -0.4 is 59.3 Å². The quantitative estimate of drug-likeness (QED) is 0.187. The van der Waals surface area contributed by atoms with E-state index in [0.29, 0.717) is 13.0 Å². The average Bonchev–Trinajstić information content (AvgIpc) is 2.99. The number of halogens is 3. The molecule has 0 saturated carbocycles. The minimum Gasteiger partial charge on any atom is -1.00 e. The van der Waals surface area contributed by atoms with E-state index in [4.69, 9.17) is 0 Å². The molecule has 1 aromatic heterocycles. The van der Waals surface area contributed by atoms with Crippen LogP contribution in [0, 0.1) is 0 Å². The molecule has 0 saturated heterocycles. The molecule has 1 aromatic carbocycles. The number of amides is 1. The highest BCUT2D eigenvalue weighted by Crippen LogP contribution is 2.23. The summed E-state index contributed by atoms with van der Waals surface area (Å²) in [5.74, 6) is 0.205. The topological polar surface area (TPSA) is 137 Å². The van der Waals surface area contributed by atoms with Crippen molar-refractivity contribution in [2.75, 3.05) is 26.2 Å². The van der Waals surface area contributed by atoms with Gasteiger partial charge >= 0.3 is 0 Å². The van der Waals surface area contributed by atoms with Crippen molar-refractivity contribution in [2.24, 2.45) is 0 Å². The van der Waals surface area contributed by atoms with E-state index < -0.39 is 0 Å². The summed E-state index contributed by atoms with van der Waals surface area (Å²) < 4.78 is 0. The first-order chi connectivity index (χ1) is 12.1. The lowest BCUT2D eigenvalue weighted by molar-refractivity contribution is -0.655. The van der Waals surface area contributed by atoms with Gasteiger partial charge in [0.2, 0.25) is 0 Å². The highest BCUT2D eigenvalue weighted by atomic mass is 35.5. The molecule has 0 bridgehead atoms. The number of phenols is 1. The molecular weight excluding hydrogens is 425 g/mol. The number of benzene rings is 1. The fourth-order valence-corrected chi connectivity index (χ4v) is 2.91. The Bertz CT molecular complexity index is 684. The van der Waals surface area contributed by atoms with Gasteiger partial charge in [-0.3, -0.25) is 4.79 Å². The number of carbonyl (C=O) groups excluding carboxylic acids is 1. The molecule has 7 nitrogen and oxygen atoms in total. The van der Waals surface area contributed by atoms with Crippen molar-refractivity contribution in [2.45, 2.75) is 31.7 Å². The number of aromatic hydroxyl groups is 1. The maximum absolute atomic E-state index is 12.2. The van der Waals surface area contributed by atoms with Crippen LogP contribution in [-0.2, 0) is 11.2 Å². The maximum Gasteiger partial charge on any atom is 0.278 e. The number of hydrogen-bond acceptors (Lipinski definition) is 2. The van der Waals surface area contributed by atoms with Crippen molar-refractivity contribution in [1.29, 1.82) is 0 Å². The number of hydrogen-bond donors (Lipinski definition) is 6. The smallest absolute Gasteiger partial charge is 0.278 e. The van der Waals surface area contributed by atoms with E-state index in [1.165, 1.54) is 12.8 Å². The second-order valence-corrected chi connectivity index (χ2v) is 6.52. The predicted molar refractivity (Wildman–Crippen MR) is 96.6 cm³/mol. The molecule has 1 atom stereocenters. The molecule has 0 aliphatic rings. The van der Waals surface area contributed by atoms with Crippen molar-refractivity contribution >= 4 is 16.8 Å². The third-order valence-electron chi connectivity index (χ3n) is 4.38. The van der Waals surface area contributed by atoms with Gasteiger partial charge in [0.1, 0.15) is 5.75 Å². The molecule has 162 valence electrons. The van der Waals surface area contributed by atoms with Crippen LogP contribution >= 0.6 is 0 Å². The monoisotopic (exact) mass is 455 g/mol. The Morgan fingerprint density at radius 1 is 1.18 bits per heavy atom. The number of H-pyrrole nitrogens is 1.